The van der Waals surface area contributed by atoms with Crippen LogP contribution in [0.2, 0.25) is 0 Å². The summed E-state index contributed by atoms with van der Waals surface area (Å²) in [6, 6.07) is -1.13. The lowest BCUT2D eigenvalue weighted by Gasteiger charge is -2.42. The minimum Gasteiger partial charge on any atom is -0.460 e. The lowest BCUT2D eigenvalue weighted by molar-refractivity contribution is -0.265. The quantitative estimate of drug-likeness (QED) is 0.201. The lowest BCUT2D eigenvalue weighted by Crippen LogP contribution is -2.61. The smallest absolute Gasteiger partial charge is 0.460 e. The molecular formula is C52H79NO14. The zero-order valence-electron chi connectivity index (χ0n) is 41.6. The molecule has 0 aromatic rings. The molecule has 5 aliphatic rings. The highest BCUT2D eigenvalue weighted by Crippen LogP contribution is 2.38. The Hall–Kier alpha value is -3.73. The summed E-state index contributed by atoms with van der Waals surface area (Å²) in [6.45, 7) is 13.3. The number of methoxy groups -OCH3 is 3. The first-order valence-corrected chi connectivity index (χ1v) is 24.6. The Kier molecular flexibility index (Phi) is 20.0. The highest BCUT2D eigenvalue weighted by Gasteiger charge is 2.53. The fourth-order valence-electron chi connectivity index (χ4n) is 10.9. The molecule has 2 N–H and O–H groups in total. The molecule has 4 aliphatic heterocycles. The minimum atomic E-state index is -2.42. The number of carbonyl (C=O) groups excluding carboxylic acids is 5. The average molecular weight is 942 g/mol. The SMILES string of the molecule is COC1CC2CC[C@@H](C)C(O)(O2)C(=O)C(=O)N2CCCCC2C(=O)OC(C(C)CC2CCC(O)C(OC)C2)CC(=O)C(C)=CC(C)C2OC(=O)OC(C2OC)[C@H](C)CC(C)C=CC=CC=C1C. The molecule has 15 heteroatoms. The highest BCUT2D eigenvalue weighted by atomic mass is 16.8. The average Bonchev–Trinajstić information content (AvgIpc) is 3.30. The van der Waals surface area contributed by atoms with Crippen LogP contribution in [0, 0.1) is 35.5 Å². The third-order valence-corrected chi connectivity index (χ3v) is 15.1. The minimum absolute atomic E-state index is 0.0934. The lowest BCUT2D eigenvalue weighted by atomic mass is 9.78. The van der Waals surface area contributed by atoms with Gasteiger partial charge in [0.2, 0.25) is 5.79 Å². The van der Waals surface area contributed by atoms with Crippen molar-refractivity contribution in [3.8, 4) is 0 Å². The molecule has 16 atom stereocenters. The van der Waals surface area contributed by atoms with Gasteiger partial charge in [0.15, 0.2) is 5.78 Å². The second-order valence-electron chi connectivity index (χ2n) is 20.2. The van der Waals surface area contributed by atoms with Crippen molar-refractivity contribution < 1.29 is 67.3 Å². The van der Waals surface area contributed by atoms with Crippen LogP contribution in [0.3, 0.4) is 0 Å². The highest BCUT2D eigenvalue weighted by molar-refractivity contribution is 6.39. The van der Waals surface area contributed by atoms with E-state index < -0.39 is 90.2 Å². The summed E-state index contributed by atoms with van der Waals surface area (Å²) >= 11 is 0. The van der Waals surface area contributed by atoms with Gasteiger partial charge in [0.05, 0.1) is 24.4 Å². The van der Waals surface area contributed by atoms with Crippen molar-refractivity contribution in [3.05, 3.63) is 47.6 Å². The monoisotopic (exact) mass is 942 g/mol. The molecular weight excluding hydrogens is 863 g/mol. The van der Waals surface area contributed by atoms with Crippen LogP contribution in [-0.2, 0) is 52.3 Å². The van der Waals surface area contributed by atoms with Crippen LogP contribution in [0.15, 0.2) is 47.6 Å². The van der Waals surface area contributed by atoms with Gasteiger partial charge in [-0.1, -0.05) is 71.1 Å². The predicted molar refractivity (Wildman–Crippen MR) is 249 cm³/mol. The molecule has 1 amide bonds. The Morgan fingerprint density at radius 2 is 1.57 bits per heavy atom. The molecule has 0 aromatic heterocycles. The molecule has 67 heavy (non-hydrogen) atoms. The van der Waals surface area contributed by atoms with E-state index in [1.54, 1.807) is 41.3 Å². The number of carbonyl (C=O) groups is 5. The van der Waals surface area contributed by atoms with Gasteiger partial charge in [-0.15, -0.1) is 0 Å². The molecule has 4 fully saturated rings. The number of ether oxygens (including phenoxy) is 7. The number of hydrogen-bond acceptors (Lipinski definition) is 14. The largest absolute Gasteiger partial charge is 0.509 e. The van der Waals surface area contributed by atoms with Crippen LogP contribution in [-0.4, -0.2) is 133 Å². The van der Waals surface area contributed by atoms with Gasteiger partial charge >= 0.3 is 12.1 Å². The summed E-state index contributed by atoms with van der Waals surface area (Å²) in [5.74, 6) is -6.98. The first-order chi connectivity index (χ1) is 31.8. The molecule has 376 valence electrons. The van der Waals surface area contributed by atoms with Gasteiger partial charge < -0.3 is 48.3 Å². The van der Waals surface area contributed by atoms with Gasteiger partial charge in [-0.3, -0.25) is 14.4 Å². The first-order valence-electron chi connectivity index (χ1n) is 24.6. The Morgan fingerprint density at radius 3 is 2.27 bits per heavy atom. The molecule has 14 unspecified atom stereocenters. The summed E-state index contributed by atoms with van der Waals surface area (Å²) in [6.07, 6.45) is 11.5. The number of ketones is 2. The Morgan fingerprint density at radius 1 is 0.836 bits per heavy atom. The van der Waals surface area contributed by atoms with Gasteiger partial charge in [-0.2, -0.15) is 0 Å². The summed E-state index contributed by atoms with van der Waals surface area (Å²) < 4.78 is 41.4. The standard InChI is InChI=1S/C52H79NO14/c1-30-16-12-11-13-17-31(2)42(61-8)28-38-21-19-36(7)52(60,67-38)48(56)49(57)53-23-15-14-18-39(53)50(58)64-43(33(4)26-37-20-22-40(54)44(27-37)62-9)29-41(55)32(3)25-35(6)46-47(63-10)45(34(5)24-30)65-51(59)66-46/h11-13,16-17,25,30,33-40,42-47,54,60H,14-15,18-24,26-29H2,1-10H3/t30?,33?,34-,35?,36-,37?,38?,39?,40?,42?,43?,44?,45?,46?,47?,52?/m1/s1. The van der Waals surface area contributed by atoms with Gasteiger partial charge in [0.25, 0.3) is 11.7 Å². The van der Waals surface area contributed by atoms with E-state index in [1.165, 1.54) is 4.90 Å². The zero-order valence-corrected chi connectivity index (χ0v) is 41.6. The molecule has 4 bridgehead atoms. The summed E-state index contributed by atoms with van der Waals surface area (Å²) in [7, 11) is 4.71. The van der Waals surface area contributed by atoms with E-state index in [0.29, 0.717) is 63.4 Å². The van der Waals surface area contributed by atoms with Crippen molar-refractivity contribution in [2.75, 3.05) is 27.9 Å². The molecule has 1 aliphatic carbocycles. The Bertz CT molecular complexity index is 1840. The molecule has 0 aromatic carbocycles. The predicted octanol–water partition coefficient (Wildman–Crippen LogP) is 7.15. The van der Waals surface area contributed by atoms with E-state index in [4.69, 9.17) is 33.2 Å². The summed E-state index contributed by atoms with van der Waals surface area (Å²) in [4.78, 5) is 71.4. The van der Waals surface area contributed by atoms with E-state index in [2.05, 4.69) is 13.0 Å². The van der Waals surface area contributed by atoms with Crippen molar-refractivity contribution in [3.63, 3.8) is 0 Å². The van der Waals surface area contributed by atoms with Crippen molar-refractivity contribution in [2.45, 2.75) is 186 Å². The van der Waals surface area contributed by atoms with Crippen molar-refractivity contribution in [1.29, 1.82) is 0 Å². The second kappa shape index (κ2) is 24.7. The maximum Gasteiger partial charge on any atom is 0.509 e. The van der Waals surface area contributed by atoms with Crippen LogP contribution in [0.1, 0.15) is 126 Å². The number of allylic oxidation sites excluding steroid dienone is 6. The number of nitrogens with zero attached hydrogens (tertiary/aromatic N) is 1. The molecule has 3 saturated heterocycles. The maximum absolute atomic E-state index is 14.4. The number of aliphatic hydroxyl groups is 2. The summed E-state index contributed by atoms with van der Waals surface area (Å²) in [5, 5.41) is 22.5. The topological polar surface area (TPSA) is 194 Å². The van der Waals surface area contributed by atoms with Gasteiger partial charge in [-0.25, -0.2) is 9.59 Å². The molecule has 5 rings (SSSR count). The molecule has 0 radical (unpaired) electrons. The Labute approximate surface area is 398 Å². The van der Waals surface area contributed by atoms with Crippen molar-refractivity contribution in [2.24, 2.45) is 35.5 Å². The van der Waals surface area contributed by atoms with Crippen LogP contribution >= 0.6 is 0 Å². The van der Waals surface area contributed by atoms with Gasteiger partial charge in [-0.05, 0) is 113 Å². The summed E-state index contributed by atoms with van der Waals surface area (Å²) in [5.41, 5.74) is 1.28. The van der Waals surface area contributed by atoms with Gasteiger partial charge in [0.1, 0.15) is 30.5 Å². The number of cyclic esters (lactones) is 1. The third kappa shape index (κ3) is 13.7. The first kappa shape index (κ1) is 54.2. The fraction of sp³-hybridized carbons (Fsp3) is 0.750. The number of rotatable bonds is 6. The molecule has 0 spiro atoms. The van der Waals surface area contributed by atoms with Crippen molar-refractivity contribution in [1.82, 2.24) is 4.90 Å². The number of hydrogen-bond donors (Lipinski definition) is 2. The van der Waals surface area contributed by atoms with E-state index in [0.717, 1.165) is 12.0 Å². The number of amides is 1. The molecule has 4 heterocycles. The molecule has 1 saturated carbocycles. The van der Waals surface area contributed by atoms with Crippen LogP contribution < -0.4 is 0 Å². The maximum atomic E-state index is 14.4. The zero-order chi connectivity index (χ0) is 49.2. The van der Waals surface area contributed by atoms with Gasteiger partial charge in [0, 0.05) is 52.6 Å². The second-order valence-corrected chi connectivity index (χ2v) is 20.2. The van der Waals surface area contributed by atoms with Crippen LogP contribution in [0.5, 0.6) is 0 Å². The van der Waals surface area contributed by atoms with E-state index in [1.807, 2.05) is 52.0 Å². The number of aliphatic hydroxyl groups excluding tert-OH is 1. The number of fused-ring (bicyclic) bond motifs is 5. The van der Waals surface area contributed by atoms with E-state index in [-0.39, 0.29) is 54.9 Å². The van der Waals surface area contributed by atoms with E-state index >= 15 is 0 Å². The van der Waals surface area contributed by atoms with Crippen LogP contribution in [0.25, 0.3) is 0 Å². The third-order valence-electron chi connectivity index (χ3n) is 15.1. The number of piperidine rings is 1. The van der Waals surface area contributed by atoms with Crippen molar-refractivity contribution >= 4 is 29.6 Å². The number of esters is 1. The molecule has 15 nitrogen and oxygen atoms in total. The normalized spacial score (nSPS) is 38.7. The fourth-order valence-corrected chi connectivity index (χ4v) is 10.9. The number of Topliss-reactive ketones (excluding diaryl/α,β-unsaturated/α-hetero) is 2. The Balaban J connectivity index is 1.49. The van der Waals surface area contributed by atoms with Crippen LogP contribution in [0.4, 0.5) is 4.79 Å². The van der Waals surface area contributed by atoms with E-state index in [9.17, 15) is 34.2 Å².